The molecule has 0 aromatic carbocycles. The molecule has 1 atom stereocenters. The van der Waals surface area contributed by atoms with Crippen LogP contribution in [0, 0.1) is 0 Å². The summed E-state index contributed by atoms with van der Waals surface area (Å²) >= 11 is 11.2. The van der Waals surface area contributed by atoms with Crippen molar-refractivity contribution in [2.75, 3.05) is 31.5 Å². The molecule has 0 aromatic rings. The molecule has 1 heterocycles. The highest BCUT2D eigenvalue weighted by molar-refractivity contribution is 7.55. The number of hydrogen-bond donors (Lipinski definition) is 1. The van der Waals surface area contributed by atoms with E-state index in [4.69, 9.17) is 27.7 Å². The summed E-state index contributed by atoms with van der Waals surface area (Å²) in [5.41, 5.74) is 0. The lowest BCUT2D eigenvalue weighted by atomic mass is 10.4. The van der Waals surface area contributed by atoms with Gasteiger partial charge in [0.1, 0.15) is 0 Å². The van der Waals surface area contributed by atoms with Crippen molar-refractivity contribution in [3.8, 4) is 0 Å². The number of carbonyl (C=O) groups is 1. The molecule has 0 aromatic heterocycles. The van der Waals surface area contributed by atoms with E-state index in [0.29, 0.717) is 24.8 Å². The van der Waals surface area contributed by atoms with Gasteiger partial charge in [0.2, 0.25) is 5.91 Å². The van der Waals surface area contributed by atoms with Crippen LogP contribution in [0.2, 0.25) is 0 Å². The van der Waals surface area contributed by atoms with Gasteiger partial charge in [0.15, 0.2) is 0 Å². The van der Waals surface area contributed by atoms with Crippen LogP contribution in [-0.4, -0.2) is 42.0 Å². The van der Waals surface area contributed by atoms with Gasteiger partial charge in [0.25, 0.3) is 0 Å². The van der Waals surface area contributed by atoms with Gasteiger partial charge in [-0.15, -0.1) is 23.2 Å². The van der Waals surface area contributed by atoms with Crippen molar-refractivity contribution in [3.63, 3.8) is 0 Å². The van der Waals surface area contributed by atoms with Crippen LogP contribution in [0.5, 0.6) is 0 Å². The van der Waals surface area contributed by atoms with E-state index in [-0.39, 0.29) is 18.9 Å². The molecule has 1 rings (SSSR count). The molecule has 0 spiro atoms. The molecule has 1 saturated heterocycles. The average molecular weight is 275 g/mol. The zero-order valence-corrected chi connectivity index (χ0v) is 10.5. The highest BCUT2D eigenvalue weighted by Crippen LogP contribution is 2.48. The third-order valence-corrected chi connectivity index (χ3v) is 4.47. The van der Waals surface area contributed by atoms with E-state index in [1.54, 1.807) is 0 Å². The lowest BCUT2D eigenvalue weighted by Crippen LogP contribution is -2.38. The van der Waals surface area contributed by atoms with Crippen LogP contribution in [0.25, 0.3) is 0 Å². The first-order valence-electron chi connectivity index (χ1n) is 4.55. The fourth-order valence-electron chi connectivity index (χ4n) is 1.23. The van der Waals surface area contributed by atoms with Crippen LogP contribution < -0.4 is 5.09 Å². The number of nitrogens with zero attached hydrogens (tertiary/aromatic N) is 1. The molecule has 0 bridgehead atoms. The molecule has 5 nitrogen and oxygen atoms in total. The molecular weight excluding hydrogens is 262 g/mol. The van der Waals surface area contributed by atoms with E-state index in [1.807, 2.05) is 0 Å². The fraction of sp³-hybridized carbons (Fsp3) is 0.857. The third-order valence-electron chi connectivity index (χ3n) is 1.92. The van der Waals surface area contributed by atoms with E-state index in [9.17, 15) is 9.36 Å². The standard InChI is InChI=1S/C7H13Cl2N2O3P/c8-2-4-11(5-3-9)15(13)10-7(12)1-6-14-15/h1-6H2,(H,10,12,13). The minimum Gasteiger partial charge on any atom is -0.301 e. The van der Waals surface area contributed by atoms with Crippen LogP contribution in [0.15, 0.2) is 0 Å². The van der Waals surface area contributed by atoms with Gasteiger partial charge in [-0.25, -0.2) is 9.24 Å². The van der Waals surface area contributed by atoms with Gasteiger partial charge in [0.05, 0.1) is 13.0 Å². The maximum Gasteiger partial charge on any atom is 0.370 e. The number of rotatable bonds is 5. The summed E-state index contributed by atoms with van der Waals surface area (Å²) in [5, 5.41) is 2.37. The Labute approximate surface area is 98.6 Å². The first-order chi connectivity index (χ1) is 7.12. The van der Waals surface area contributed by atoms with Crippen molar-refractivity contribution in [3.05, 3.63) is 0 Å². The van der Waals surface area contributed by atoms with Crippen molar-refractivity contribution < 1.29 is 13.9 Å². The minimum atomic E-state index is -3.25. The summed E-state index contributed by atoms with van der Waals surface area (Å²) in [5.74, 6) is 0.346. The molecule has 1 N–H and O–H groups in total. The second kappa shape index (κ2) is 6.06. The van der Waals surface area contributed by atoms with E-state index in [2.05, 4.69) is 5.09 Å². The number of nitrogens with one attached hydrogen (secondary N) is 1. The SMILES string of the molecule is O=C1CCOP(=O)(N(CCCl)CCCl)N1. The monoisotopic (exact) mass is 274 g/mol. The Morgan fingerprint density at radius 3 is 2.47 bits per heavy atom. The normalized spacial score (nSPS) is 26.7. The molecule has 1 fully saturated rings. The van der Waals surface area contributed by atoms with Crippen LogP contribution >= 0.6 is 30.9 Å². The summed E-state index contributed by atoms with van der Waals surface area (Å²) in [6.45, 7) is 0.905. The number of amides is 1. The Morgan fingerprint density at radius 2 is 2.00 bits per heavy atom. The Morgan fingerprint density at radius 1 is 1.40 bits per heavy atom. The van der Waals surface area contributed by atoms with E-state index in [1.165, 1.54) is 4.67 Å². The molecule has 0 aliphatic carbocycles. The molecule has 1 amide bonds. The molecule has 1 aliphatic heterocycles. The van der Waals surface area contributed by atoms with Crippen molar-refractivity contribution in [1.29, 1.82) is 0 Å². The van der Waals surface area contributed by atoms with Crippen molar-refractivity contribution in [1.82, 2.24) is 9.76 Å². The number of hydrogen-bond acceptors (Lipinski definition) is 3. The quantitative estimate of drug-likeness (QED) is 0.608. The smallest absolute Gasteiger partial charge is 0.301 e. The van der Waals surface area contributed by atoms with Gasteiger partial charge in [-0.3, -0.25) is 9.88 Å². The molecule has 15 heavy (non-hydrogen) atoms. The Kier molecular flexibility index (Phi) is 5.36. The number of halogens is 2. The van der Waals surface area contributed by atoms with Crippen LogP contribution in [0.1, 0.15) is 6.42 Å². The maximum absolute atomic E-state index is 12.2. The Bertz CT molecular complexity index is 271. The predicted octanol–water partition coefficient (Wildman–Crippen LogP) is 1.41. The van der Waals surface area contributed by atoms with Gasteiger partial charge in [-0.05, 0) is 0 Å². The van der Waals surface area contributed by atoms with Gasteiger partial charge in [-0.1, -0.05) is 0 Å². The van der Waals surface area contributed by atoms with Gasteiger partial charge >= 0.3 is 7.67 Å². The zero-order valence-electron chi connectivity index (χ0n) is 8.12. The van der Waals surface area contributed by atoms with E-state index < -0.39 is 7.67 Å². The molecule has 88 valence electrons. The zero-order chi connectivity index (χ0) is 11.3. The van der Waals surface area contributed by atoms with Crippen molar-refractivity contribution in [2.24, 2.45) is 0 Å². The average Bonchev–Trinajstić information content (AvgIpc) is 2.17. The molecule has 1 aliphatic rings. The molecular formula is C7H13Cl2N2O3P. The lowest BCUT2D eigenvalue weighted by molar-refractivity contribution is -0.121. The minimum absolute atomic E-state index is 0.171. The largest absolute Gasteiger partial charge is 0.370 e. The molecule has 1 unspecified atom stereocenters. The summed E-state index contributed by atoms with van der Waals surface area (Å²) in [6.07, 6.45) is 0.236. The van der Waals surface area contributed by atoms with Crippen LogP contribution in [-0.2, 0) is 13.9 Å². The lowest BCUT2D eigenvalue weighted by Gasteiger charge is -2.32. The predicted molar refractivity (Wildman–Crippen MR) is 59.3 cm³/mol. The molecule has 8 heteroatoms. The second-order valence-corrected chi connectivity index (χ2v) is 5.81. The summed E-state index contributed by atoms with van der Waals surface area (Å²) in [6, 6.07) is 0. The Hall–Kier alpha value is 0.200. The van der Waals surface area contributed by atoms with Crippen LogP contribution in [0.4, 0.5) is 0 Å². The topological polar surface area (TPSA) is 58.6 Å². The van der Waals surface area contributed by atoms with Gasteiger partial charge in [0, 0.05) is 24.8 Å². The number of alkyl halides is 2. The number of carbonyl (C=O) groups excluding carboxylic acids is 1. The van der Waals surface area contributed by atoms with E-state index >= 15 is 0 Å². The highest BCUT2D eigenvalue weighted by Gasteiger charge is 2.36. The van der Waals surface area contributed by atoms with E-state index in [0.717, 1.165) is 0 Å². The molecule has 0 saturated carbocycles. The maximum atomic E-state index is 12.2. The highest BCUT2D eigenvalue weighted by atomic mass is 35.5. The summed E-state index contributed by atoms with van der Waals surface area (Å²) < 4.78 is 18.8. The van der Waals surface area contributed by atoms with Gasteiger partial charge < -0.3 is 4.52 Å². The van der Waals surface area contributed by atoms with Gasteiger partial charge in [-0.2, -0.15) is 0 Å². The fourth-order valence-corrected chi connectivity index (χ4v) is 3.74. The van der Waals surface area contributed by atoms with Crippen molar-refractivity contribution in [2.45, 2.75) is 6.42 Å². The Balaban J connectivity index is 2.70. The third kappa shape index (κ3) is 3.61. The van der Waals surface area contributed by atoms with Crippen molar-refractivity contribution >= 4 is 36.8 Å². The first kappa shape index (κ1) is 13.3. The summed E-state index contributed by atoms with van der Waals surface area (Å²) in [4.78, 5) is 11.1. The summed E-state index contributed by atoms with van der Waals surface area (Å²) in [7, 11) is -3.25. The van der Waals surface area contributed by atoms with Crippen LogP contribution in [0.3, 0.4) is 0 Å². The second-order valence-electron chi connectivity index (χ2n) is 2.97. The first-order valence-corrected chi connectivity index (χ1v) is 7.20. The molecule has 0 radical (unpaired) electrons.